The van der Waals surface area contributed by atoms with Crippen molar-refractivity contribution in [3.05, 3.63) is 131 Å². The Morgan fingerprint density at radius 2 is 1.65 bits per heavy atom. The van der Waals surface area contributed by atoms with Crippen molar-refractivity contribution in [2.45, 2.75) is 6.61 Å². The molecule has 0 aliphatic heterocycles. The molecular weight excluding hydrogens is 480 g/mol. The zero-order valence-electron chi connectivity index (χ0n) is 19.9. The Hall–Kier alpha value is -4.75. The third-order valence-corrected chi connectivity index (χ3v) is 6.22. The molecule has 0 radical (unpaired) electrons. The highest BCUT2D eigenvalue weighted by molar-refractivity contribution is 7.14. The molecule has 1 heterocycles. The molecule has 6 nitrogen and oxygen atoms in total. The molecule has 0 saturated carbocycles. The summed E-state index contributed by atoms with van der Waals surface area (Å²) in [5, 5.41) is 10.2. The summed E-state index contributed by atoms with van der Waals surface area (Å²) in [6, 6.07) is 34.7. The average Bonchev–Trinajstić information content (AvgIpc) is 3.42. The van der Waals surface area contributed by atoms with Crippen LogP contribution in [0.1, 0.15) is 21.5 Å². The highest BCUT2D eigenvalue weighted by atomic mass is 32.1. The van der Waals surface area contributed by atoms with Gasteiger partial charge >= 0.3 is 0 Å². The number of hydrogen-bond donors (Lipinski definition) is 2. The quantitative estimate of drug-likeness (QED) is 0.169. The molecule has 1 amide bonds. The SMILES string of the molecule is O=C(N/N=C\c1cccc(OCc2ccccc2)c1)c1ccc(-c2csc(Nc3ccccc3)n2)cc1. The van der Waals surface area contributed by atoms with Crippen molar-refractivity contribution in [2.24, 2.45) is 5.10 Å². The lowest BCUT2D eigenvalue weighted by atomic mass is 10.1. The number of aromatic nitrogens is 1. The minimum atomic E-state index is -0.288. The number of anilines is 2. The third-order valence-electron chi connectivity index (χ3n) is 5.46. The molecule has 0 bridgehead atoms. The fourth-order valence-electron chi connectivity index (χ4n) is 3.56. The second kappa shape index (κ2) is 11.8. The third kappa shape index (κ3) is 6.68. The number of rotatable bonds is 9. The van der Waals surface area contributed by atoms with E-state index in [1.807, 2.05) is 102 Å². The van der Waals surface area contributed by atoms with E-state index in [2.05, 4.69) is 20.8 Å². The fraction of sp³-hybridized carbons (Fsp3) is 0.0333. The number of benzene rings is 4. The summed E-state index contributed by atoms with van der Waals surface area (Å²) < 4.78 is 5.85. The first-order chi connectivity index (χ1) is 18.2. The Balaban J connectivity index is 1.15. The van der Waals surface area contributed by atoms with Gasteiger partial charge in [-0.2, -0.15) is 5.10 Å². The highest BCUT2D eigenvalue weighted by Gasteiger charge is 2.08. The molecule has 2 N–H and O–H groups in total. The van der Waals surface area contributed by atoms with Crippen LogP contribution in [0, 0.1) is 0 Å². The van der Waals surface area contributed by atoms with Crippen LogP contribution in [0.3, 0.4) is 0 Å². The molecule has 37 heavy (non-hydrogen) atoms. The normalized spacial score (nSPS) is 10.8. The van der Waals surface area contributed by atoms with Crippen LogP contribution in [0.4, 0.5) is 10.8 Å². The summed E-state index contributed by atoms with van der Waals surface area (Å²) in [6.45, 7) is 0.486. The van der Waals surface area contributed by atoms with Crippen LogP contribution in [0.15, 0.2) is 120 Å². The van der Waals surface area contributed by atoms with E-state index in [1.54, 1.807) is 18.3 Å². The van der Waals surface area contributed by atoms with Crippen LogP contribution in [-0.4, -0.2) is 17.1 Å². The molecule has 0 saturated heterocycles. The lowest BCUT2D eigenvalue weighted by Gasteiger charge is -2.06. The van der Waals surface area contributed by atoms with Gasteiger partial charge in [0, 0.05) is 22.2 Å². The number of hydrogen-bond acceptors (Lipinski definition) is 6. The molecule has 4 aromatic carbocycles. The van der Waals surface area contributed by atoms with Crippen molar-refractivity contribution >= 4 is 34.3 Å². The van der Waals surface area contributed by atoms with E-state index in [0.717, 1.165) is 39.0 Å². The van der Waals surface area contributed by atoms with Gasteiger partial charge in [0.25, 0.3) is 5.91 Å². The summed E-state index contributed by atoms with van der Waals surface area (Å²) in [5.74, 6) is 0.447. The summed E-state index contributed by atoms with van der Waals surface area (Å²) in [5.41, 5.74) is 7.79. The Labute approximate surface area is 219 Å². The molecule has 5 rings (SSSR count). The lowest BCUT2D eigenvalue weighted by Crippen LogP contribution is -2.17. The minimum absolute atomic E-state index is 0.288. The summed E-state index contributed by atoms with van der Waals surface area (Å²) in [7, 11) is 0. The molecule has 0 fully saturated rings. The number of nitrogens with zero attached hydrogens (tertiary/aromatic N) is 2. The van der Waals surface area contributed by atoms with Gasteiger partial charge in [-0.1, -0.05) is 72.8 Å². The molecule has 0 aliphatic rings. The molecule has 5 aromatic rings. The Kier molecular flexibility index (Phi) is 7.64. The van der Waals surface area contributed by atoms with Crippen molar-refractivity contribution in [3.8, 4) is 17.0 Å². The fourth-order valence-corrected chi connectivity index (χ4v) is 4.30. The minimum Gasteiger partial charge on any atom is -0.489 e. The Morgan fingerprint density at radius 1 is 0.892 bits per heavy atom. The zero-order chi connectivity index (χ0) is 25.3. The number of para-hydroxylation sites is 1. The Morgan fingerprint density at radius 3 is 2.43 bits per heavy atom. The molecule has 0 aliphatic carbocycles. The molecule has 0 unspecified atom stereocenters. The van der Waals surface area contributed by atoms with E-state index in [-0.39, 0.29) is 5.91 Å². The second-order valence-electron chi connectivity index (χ2n) is 8.15. The van der Waals surface area contributed by atoms with Gasteiger partial charge in [0.15, 0.2) is 5.13 Å². The maximum atomic E-state index is 12.5. The largest absolute Gasteiger partial charge is 0.489 e. The molecule has 7 heteroatoms. The van der Waals surface area contributed by atoms with Crippen molar-refractivity contribution in [3.63, 3.8) is 0 Å². The number of carbonyl (C=O) groups excluding carboxylic acids is 1. The van der Waals surface area contributed by atoms with Crippen molar-refractivity contribution in [1.29, 1.82) is 0 Å². The number of thiazole rings is 1. The van der Waals surface area contributed by atoms with Crippen LogP contribution in [0.25, 0.3) is 11.3 Å². The van der Waals surface area contributed by atoms with Gasteiger partial charge in [0.2, 0.25) is 0 Å². The predicted molar refractivity (Wildman–Crippen MR) is 150 cm³/mol. The monoisotopic (exact) mass is 504 g/mol. The maximum absolute atomic E-state index is 12.5. The first-order valence-corrected chi connectivity index (χ1v) is 12.6. The number of nitrogens with one attached hydrogen (secondary N) is 2. The van der Waals surface area contributed by atoms with Crippen molar-refractivity contribution in [2.75, 3.05) is 5.32 Å². The van der Waals surface area contributed by atoms with E-state index in [9.17, 15) is 4.79 Å². The number of hydrazone groups is 1. The van der Waals surface area contributed by atoms with Crippen LogP contribution in [0.2, 0.25) is 0 Å². The van der Waals surface area contributed by atoms with Crippen LogP contribution in [-0.2, 0) is 6.61 Å². The molecule has 182 valence electrons. The van der Waals surface area contributed by atoms with Gasteiger partial charge in [0.05, 0.1) is 11.9 Å². The van der Waals surface area contributed by atoms with E-state index in [0.29, 0.717) is 12.2 Å². The summed E-state index contributed by atoms with van der Waals surface area (Å²) in [4.78, 5) is 17.2. The topological polar surface area (TPSA) is 75.6 Å². The summed E-state index contributed by atoms with van der Waals surface area (Å²) >= 11 is 1.53. The van der Waals surface area contributed by atoms with Gasteiger partial charge < -0.3 is 10.1 Å². The zero-order valence-corrected chi connectivity index (χ0v) is 20.7. The van der Waals surface area contributed by atoms with Gasteiger partial charge in [-0.25, -0.2) is 10.4 Å². The van der Waals surface area contributed by atoms with E-state index >= 15 is 0 Å². The van der Waals surface area contributed by atoms with Crippen LogP contribution < -0.4 is 15.5 Å². The number of amides is 1. The lowest BCUT2D eigenvalue weighted by molar-refractivity contribution is 0.0955. The molecule has 1 aromatic heterocycles. The first kappa shape index (κ1) is 24.0. The predicted octanol–water partition coefficient (Wildman–Crippen LogP) is 6.90. The second-order valence-corrected chi connectivity index (χ2v) is 9.01. The summed E-state index contributed by atoms with van der Waals surface area (Å²) in [6.07, 6.45) is 1.60. The average molecular weight is 505 g/mol. The molecule has 0 atom stereocenters. The first-order valence-electron chi connectivity index (χ1n) is 11.7. The van der Waals surface area contributed by atoms with Crippen molar-refractivity contribution in [1.82, 2.24) is 10.4 Å². The number of ether oxygens (including phenoxy) is 1. The van der Waals surface area contributed by atoms with Crippen LogP contribution >= 0.6 is 11.3 Å². The van der Waals surface area contributed by atoms with Gasteiger partial charge in [-0.05, 0) is 47.5 Å². The van der Waals surface area contributed by atoms with Gasteiger partial charge in [0.1, 0.15) is 12.4 Å². The van der Waals surface area contributed by atoms with E-state index in [1.165, 1.54) is 11.3 Å². The van der Waals surface area contributed by atoms with E-state index in [4.69, 9.17) is 4.74 Å². The van der Waals surface area contributed by atoms with Gasteiger partial charge in [-0.3, -0.25) is 4.79 Å². The van der Waals surface area contributed by atoms with Gasteiger partial charge in [-0.15, -0.1) is 11.3 Å². The Bertz CT molecular complexity index is 1480. The number of carbonyl (C=O) groups is 1. The van der Waals surface area contributed by atoms with Crippen LogP contribution in [0.5, 0.6) is 5.75 Å². The van der Waals surface area contributed by atoms with E-state index < -0.39 is 0 Å². The highest BCUT2D eigenvalue weighted by Crippen LogP contribution is 2.27. The standard InChI is InChI=1S/C30H24N4O2S/c35-29(34-31-19-23-10-7-13-27(18-23)36-20-22-8-3-1-4-9-22)25-16-14-24(15-17-25)28-21-37-30(33-28)32-26-11-5-2-6-12-26/h1-19,21H,20H2,(H,32,33)(H,34,35)/b31-19-. The molecule has 0 spiro atoms. The maximum Gasteiger partial charge on any atom is 0.271 e. The smallest absolute Gasteiger partial charge is 0.271 e. The molecular formula is C30H24N4O2S. The van der Waals surface area contributed by atoms with Crippen molar-refractivity contribution < 1.29 is 9.53 Å².